The predicted octanol–water partition coefficient (Wildman–Crippen LogP) is 4.16. The van der Waals surface area contributed by atoms with Gasteiger partial charge in [0.2, 0.25) is 0 Å². The van der Waals surface area contributed by atoms with Crippen molar-refractivity contribution in [1.29, 1.82) is 0 Å². The van der Waals surface area contributed by atoms with Gasteiger partial charge in [0, 0.05) is 37.3 Å². The first-order valence-corrected chi connectivity index (χ1v) is 11.4. The van der Waals surface area contributed by atoms with Crippen molar-refractivity contribution in [3.05, 3.63) is 42.9 Å². The van der Waals surface area contributed by atoms with Crippen molar-refractivity contribution in [3.8, 4) is 11.3 Å². The zero-order valence-electron chi connectivity index (χ0n) is 17.7. The molecule has 162 valence electrons. The molecule has 2 fully saturated rings. The van der Waals surface area contributed by atoms with Gasteiger partial charge < -0.3 is 10.0 Å². The number of hydrogen-bond acceptors (Lipinski definition) is 5. The van der Waals surface area contributed by atoms with Gasteiger partial charge in [-0.3, -0.25) is 14.5 Å². The van der Waals surface area contributed by atoms with E-state index in [9.17, 15) is 4.79 Å². The fraction of sp³-hybridized carbons (Fsp3) is 0.500. The molecule has 1 saturated heterocycles. The van der Waals surface area contributed by atoms with Crippen molar-refractivity contribution in [2.24, 2.45) is 5.92 Å². The van der Waals surface area contributed by atoms with E-state index in [-0.39, 0.29) is 0 Å². The maximum absolute atomic E-state index is 11.1. The molecule has 1 N–H and O–H groups in total. The Hall–Kier alpha value is -2.80. The largest absolute Gasteiger partial charge is 0.481 e. The van der Waals surface area contributed by atoms with Gasteiger partial charge >= 0.3 is 5.97 Å². The number of aromatic nitrogens is 4. The summed E-state index contributed by atoms with van der Waals surface area (Å²) >= 11 is 0. The Bertz CT molecular complexity index is 1060. The second kappa shape index (κ2) is 8.75. The van der Waals surface area contributed by atoms with Gasteiger partial charge in [-0.15, -0.1) is 0 Å². The highest BCUT2D eigenvalue weighted by molar-refractivity contribution is 5.76. The Morgan fingerprint density at radius 3 is 2.65 bits per heavy atom. The van der Waals surface area contributed by atoms with E-state index in [0.29, 0.717) is 24.4 Å². The summed E-state index contributed by atoms with van der Waals surface area (Å²) in [6.45, 7) is 2.11. The third-order valence-electron chi connectivity index (χ3n) is 6.95. The lowest BCUT2D eigenvalue weighted by Gasteiger charge is -2.41. The molecule has 0 radical (unpaired) electrons. The topological polar surface area (TPSA) is 84.1 Å². The normalized spacial score (nSPS) is 23.2. The number of carboxylic acids is 1. The van der Waals surface area contributed by atoms with Gasteiger partial charge in [0.15, 0.2) is 0 Å². The van der Waals surface area contributed by atoms with Gasteiger partial charge in [-0.05, 0) is 50.2 Å². The van der Waals surface area contributed by atoms with Crippen LogP contribution in [-0.2, 0) is 4.79 Å². The van der Waals surface area contributed by atoms with Gasteiger partial charge in [-0.25, -0.2) is 4.98 Å². The standard InChI is InChI=1S/C24H29N5O2/c30-24(31)13-17-4-3-5-20(12-17)28-10-8-19(9-11-28)29-16-18(14-26-29)23-15-25-21-6-1-2-7-22(21)27-23/h1-2,6-7,14-17,19-20H,3-5,8-13H2,(H,30,31). The number of para-hydroxylation sites is 2. The number of carboxylic acid groups (broad SMARTS) is 1. The van der Waals surface area contributed by atoms with Crippen LogP contribution in [0, 0.1) is 5.92 Å². The average molecular weight is 420 g/mol. The number of rotatable bonds is 5. The van der Waals surface area contributed by atoms with E-state index in [4.69, 9.17) is 10.1 Å². The van der Waals surface area contributed by atoms with Crippen LogP contribution >= 0.6 is 0 Å². The zero-order chi connectivity index (χ0) is 21.2. The van der Waals surface area contributed by atoms with Crippen LogP contribution in [-0.4, -0.2) is 54.9 Å². The molecule has 1 aromatic carbocycles. The summed E-state index contributed by atoms with van der Waals surface area (Å²) in [6.07, 6.45) is 12.7. The zero-order valence-corrected chi connectivity index (χ0v) is 17.7. The smallest absolute Gasteiger partial charge is 0.303 e. The van der Waals surface area contributed by atoms with E-state index in [0.717, 1.165) is 67.5 Å². The second-order valence-electron chi connectivity index (χ2n) is 9.00. The van der Waals surface area contributed by atoms with E-state index in [1.54, 1.807) is 0 Å². The molecule has 7 heteroatoms. The van der Waals surface area contributed by atoms with Crippen LogP contribution in [0.1, 0.15) is 51.0 Å². The minimum absolute atomic E-state index is 0.320. The summed E-state index contributed by atoms with van der Waals surface area (Å²) in [7, 11) is 0. The minimum atomic E-state index is -0.657. The van der Waals surface area contributed by atoms with E-state index in [2.05, 4.69) is 25.9 Å². The molecule has 2 unspecified atom stereocenters. The van der Waals surface area contributed by atoms with E-state index >= 15 is 0 Å². The fourth-order valence-electron chi connectivity index (χ4n) is 5.31. The molecule has 3 heterocycles. The molecule has 0 spiro atoms. The molecule has 2 aromatic heterocycles. The molecule has 5 rings (SSSR count). The highest BCUT2D eigenvalue weighted by atomic mass is 16.4. The maximum Gasteiger partial charge on any atom is 0.303 e. The SMILES string of the molecule is O=C(O)CC1CCCC(N2CCC(n3cc(-c4cnc5ccccc5n4)cn3)CC2)C1. The van der Waals surface area contributed by atoms with Crippen molar-refractivity contribution in [2.45, 2.75) is 57.0 Å². The van der Waals surface area contributed by atoms with Crippen LogP contribution in [0.15, 0.2) is 42.9 Å². The van der Waals surface area contributed by atoms with Crippen molar-refractivity contribution < 1.29 is 9.90 Å². The summed E-state index contributed by atoms with van der Waals surface area (Å²) in [5, 5.41) is 13.8. The van der Waals surface area contributed by atoms with Gasteiger partial charge in [-0.1, -0.05) is 18.6 Å². The summed E-state index contributed by atoms with van der Waals surface area (Å²) in [5.74, 6) is -0.319. The molecule has 7 nitrogen and oxygen atoms in total. The lowest BCUT2D eigenvalue weighted by atomic mass is 9.82. The van der Waals surface area contributed by atoms with Crippen LogP contribution in [0.4, 0.5) is 0 Å². The lowest BCUT2D eigenvalue weighted by molar-refractivity contribution is -0.138. The van der Waals surface area contributed by atoms with Crippen molar-refractivity contribution in [3.63, 3.8) is 0 Å². The Balaban J connectivity index is 1.21. The Morgan fingerprint density at radius 1 is 1.03 bits per heavy atom. The molecule has 31 heavy (non-hydrogen) atoms. The van der Waals surface area contributed by atoms with Crippen molar-refractivity contribution in [2.75, 3.05) is 13.1 Å². The van der Waals surface area contributed by atoms with Crippen LogP contribution in [0.3, 0.4) is 0 Å². The van der Waals surface area contributed by atoms with E-state index < -0.39 is 5.97 Å². The molecule has 1 aliphatic carbocycles. The van der Waals surface area contributed by atoms with Crippen LogP contribution in [0.5, 0.6) is 0 Å². The molecule has 0 bridgehead atoms. The lowest BCUT2D eigenvalue weighted by Crippen LogP contribution is -2.44. The van der Waals surface area contributed by atoms with E-state index in [1.807, 2.05) is 36.7 Å². The van der Waals surface area contributed by atoms with Crippen LogP contribution < -0.4 is 0 Å². The summed E-state index contributed by atoms with van der Waals surface area (Å²) in [4.78, 5) is 22.9. The first kappa shape index (κ1) is 20.1. The average Bonchev–Trinajstić information content (AvgIpc) is 3.29. The van der Waals surface area contributed by atoms with Crippen LogP contribution in [0.25, 0.3) is 22.3 Å². The van der Waals surface area contributed by atoms with Gasteiger partial charge in [0.05, 0.1) is 35.2 Å². The van der Waals surface area contributed by atoms with Crippen molar-refractivity contribution >= 4 is 17.0 Å². The predicted molar refractivity (Wildman–Crippen MR) is 119 cm³/mol. The second-order valence-corrected chi connectivity index (χ2v) is 9.00. The Kier molecular flexibility index (Phi) is 5.68. The van der Waals surface area contributed by atoms with E-state index in [1.165, 1.54) is 6.42 Å². The number of piperidine rings is 1. The number of benzene rings is 1. The molecule has 2 atom stereocenters. The summed E-state index contributed by atoms with van der Waals surface area (Å²) in [5.41, 5.74) is 3.66. The molecular weight excluding hydrogens is 390 g/mol. The molecule has 1 saturated carbocycles. The number of hydrogen-bond donors (Lipinski definition) is 1. The third-order valence-corrected chi connectivity index (χ3v) is 6.95. The van der Waals surface area contributed by atoms with Crippen molar-refractivity contribution in [1.82, 2.24) is 24.6 Å². The van der Waals surface area contributed by atoms with Gasteiger partial charge in [-0.2, -0.15) is 5.10 Å². The molecular formula is C24H29N5O2. The quantitative estimate of drug-likeness (QED) is 0.668. The highest BCUT2D eigenvalue weighted by Gasteiger charge is 2.31. The molecule has 2 aliphatic rings. The number of carbonyl (C=O) groups is 1. The highest BCUT2D eigenvalue weighted by Crippen LogP contribution is 2.33. The minimum Gasteiger partial charge on any atom is -0.481 e. The van der Waals surface area contributed by atoms with Crippen LogP contribution in [0.2, 0.25) is 0 Å². The number of likely N-dealkylation sites (tertiary alicyclic amines) is 1. The van der Waals surface area contributed by atoms with Gasteiger partial charge in [0.1, 0.15) is 0 Å². The number of nitrogens with zero attached hydrogens (tertiary/aromatic N) is 5. The Labute approximate surface area is 182 Å². The third kappa shape index (κ3) is 4.46. The maximum atomic E-state index is 11.1. The molecule has 0 amide bonds. The summed E-state index contributed by atoms with van der Waals surface area (Å²) < 4.78 is 2.09. The monoisotopic (exact) mass is 419 g/mol. The number of aliphatic carboxylic acids is 1. The first-order chi connectivity index (χ1) is 15.2. The summed E-state index contributed by atoms with van der Waals surface area (Å²) in [6, 6.07) is 8.85. The Morgan fingerprint density at radius 2 is 1.84 bits per heavy atom. The fourth-order valence-corrected chi connectivity index (χ4v) is 5.31. The number of fused-ring (bicyclic) bond motifs is 1. The molecule has 3 aromatic rings. The molecule has 1 aliphatic heterocycles. The first-order valence-electron chi connectivity index (χ1n) is 11.4. The van der Waals surface area contributed by atoms with Gasteiger partial charge in [0.25, 0.3) is 0 Å².